The number of halogens is 1. The van der Waals surface area contributed by atoms with Crippen molar-refractivity contribution < 1.29 is 17.2 Å². The molecule has 0 aliphatic rings. The fourth-order valence-electron chi connectivity index (χ4n) is 2.42. The molecule has 1 N–H and O–H groups in total. The van der Waals surface area contributed by atoms with Gasteiger partial charge in [-0.2, -0.15) is 0 Å². The summed E-state index contributed by atoms with van der Waals surface area (Å²) in [5.74, 6) is 0.207. The predicted molar refractivity (Wildman–Crippen MR) is 92.7 cm³/mol. The maximum absolute atomic E-state index is 13.0. The molecule has 0 spiro atoms. The lowest BCUT2D eigenvalue weighted by atomic mass is 10.1. The minimum atomic E-state index is -3.46. The van der Waals surface area contributed by atoms with Crippen molar-refractivity contribution in [3.05, 3.63) is 53.8 Å². The second kappa shape index (κ2) is 5.76. The van der Waals surface area contributed by atoms with Crippen molar-refractivity contribution in [3.63, 3.8) is 0 Å². The highest BCUT2D eigenvalue weighted by atomic mass is 32.2. The summed E-state index contributed by atoms with van der Waals surface area (Å²) in [5, 5.41) is 8.27. The van der Waals surface area contributed by atoms with Crippen LogP contribution >= 0.6 is 0 Å². The smallest absolute Gasteiger partial charge is 0.232 e. The lowest BCUT2D eigenvalue weighted by Gasteiger charge is -2.18. The number of hydrogen-bond donors (Lipinski definition) is 1. The van der Waals surface area contributed by atoms with Crippen molar-refractivity contribution >= 4 is 32.9 Å². The van der Waals surface area contributed by atoms with Crippen LogP contribution < -0.4 is 4.31 Å². The molecule has 0 atom stereocenters. The Morgan fingerprint density at radius 1 is 1.17 bits per heavy atom. The van der Waals surface area contributed by atoms with E-state index in [1.165, 1.54) is 19.2 Å². The zero-order chi connectivity index (χ0) is 17.5. The summed E-state index contributed by atoms with van der Waals surface area (Å²) < 4.78 is 43.5. The van der Waals surface area contributed by atoms with Crippen molar-refractivity contribution in [1.82, 2.24) is 0 Å². The van der Waals surface area contributed by atoms with Gasteiger partial charge in [0, 0.05) is 35.8 Å². The first-order chi connectivity index (χ1) is 11.3. The Balaban J connectivity index is 2.16. The van der Waals surface area contributed by atoms with E-state index in [9.17, 15) is 12.8 Å². The largest absolute Gasteiger partial charge is 0.456 e. The first kappa shape index (κ1) is 16.2. The van der Waals surface area contributed by atoms with E-state index in [1.54, 1.807) is 30.3 Å². The summed E-state index contributed by atoms with van der Waals surface area (Å²) in [6, 6.07) is 10.9. The van der Waals surface area contributed by atoms with Gasteiger partial charge in [-0.1, -0.05) is 0 Å². The first-order valence-electron chi connectivity index (χ1n) is 7.07. The topological polar surface area (TPSA) is 74.4 Å². The molecule has 1 aromatic heterocycles. The Hall–Kier alpha value is -2.67. The molecule has 3 aromatic rings. The number of nitrogens with zero attached hydrogens (tertiary/aromatic N) is 1. The van der Waals surface area contributed by atoms with E-state index >= 15 is 0 Å². The quantitative estimate of drug-likeness (QED) is 0.733. The number of furan rings is 1. The van der Waals surface area contributed by atoms with Gasteiger partial charge in [-0.15, -0.1) is 0 Å². The van der Waals surface area contributed by atoms with Gasteiger partial charge in [0.15, 0.2) is 0 Å². The second-order valence-electron chi connectivity index (χ2n) is 5.44. The molecule has 0 aliphatic heterocycles. The van der Waals surface area contributed by atoms with Gasteiger partial charge in [0.25, 0.3) is 0 Å². The van der Waals surface area contributed by atoms with E-state index in [-0.39, 0.29) is 5.82 Å². The van der Waals surface area contributed by atoms with E-state index < -0.39 is 10.0 Å². The molecule has 0 radical (unpaired) electrons. The highest BCUT2D eigenvalue weighted by Gasteiger charge is 2.18. The van der Waals surface area contributed by atoms with Crippen LogP contribution in [0.25, 0.3) is 22.3 Å². The lowest BCUT2D eigenvalue weighted by molar-refractivity contribution is 0.600. The molecule has 0 saturated heterocycles. The van der Waals surface area contributed by atoms with Crippen LogP contribution in [0.2, 0.25) is 0 Å². The van der Waals surface area contributed by atoms with Crippen molar-refractivity contribution in [1.29, 1.82) is 5.41 Å². The van der Waals surface area contributed by atoms with E-state index in [4.69, 9.17) is 9.83 Å². The number of anilines is 1. The van der Waals surface area contributed by atoms with Gasteiger partial charge >= 0.3 is 0 Å². The van der Waals surface area contributed by atoms with Gasteiger partial charge in [0.1, 0.15) is 17.2 Å². The average Bonchev–Trinajstić information content (AvgIpc) is 2.95. The highest BCUT2D eigenvalue weighted by Crippen LogP contribution is 2.33. The monoisotopic (exact) mass is 346 g/mol. The summed E-state index contributed by atoms with van der Waals surface area (Å²) >= 11 is 0. The van der Waals surface area contributed by atoms with Crippen molar-refractivity contribution in [2.75, 3.05) is 17.6 Å². The number of hydrogen-bond acceptors (Lipinski definition) is 4. The number of fused-ring (bicyclic) bond motifs is 1. The first-order valence-corrected chi connectivity index (χ1v) is 8.92. The molecule has 0 unspecified atom stereocenters. The van der Waals surface area contributed by atoms with Crippen LogP contribution in [0.4, 0.5) is 10.1 Å². The molecule has 3 rings (SSSR count). The molecule has 0 fully saturated rings. The number of nitrogens with one attached hydrogen (secondary N) is 1. The van der Waals surface area contributed by atoms with Gasteiger partial charge in [-0.3, -0.25) is 4.31 Å². The summed E-state index contributed by atoms with van der Waals surface area (Å²) in [4.78, 5) is 0. The molecule has 1 heterocycles. The Morgan fingerprint density at radius 3 is 2.42 bits per heavy atom. The maximum Gasteiger partial charge on any atom is 0.232 e. The van der Waals surface area contributed by atoms with Gasteiger partial charge < -0.3 is 9.83 Å². The van der Waals surface area contributed by atoms with Gasteiger partial charge in [-0.25, -0.2) is 12.8 Å². The number of benzene rings is 2. The van der Waals surface area contributed by atoms with Crippen molar-refractivity contribution in [2.24, 2.45) is 0 Å². The molecular formula is C17H15FN2O3S. The summed E-state index contributed by atoms with van der Waals surface area (Å²) in [7, 11) is -2.04. The fourth-order valence-corrected chi connectivity index (χ4v) is 2.93. The molecule has 0 bridgehead atoms. The molecule has 7 heteroatoms. The molecule has 24 heavy (non-hydrogen) atoms. The van der Waals surface area contributed by atoms with Crippen LogP contribution in [0.3, 0.4) is 0 Å². The predicted octanol–water partition coefficient (Wildman–Crippen LogP) is 3.63. The van der Waals surface area contributed by atoms with E-state index in [0.29, 0.717) is 28.2 Å². The second-order valence-corrected chi connectivity index (χ2v) is 7.45. The van der Waals surface area contributed by atoms with Crippen LogP contribution in [0.5, 0.6) is 0 Å². The summed E-state index contributed by atoms with van der Waals surface area (Å²) in [6.07, 6.45) is 2.19. The molecular weight excluding hydrogens is 331 g/mol. The Morgan fingerprint density at radius 2 is 1.83 bits per heavy atom. The molecule has 124 valence electrons. The van der Waals surface area contributed by atoms with Gasteiger partial charge in [0.05, 0.1) is 11.9 Å². The van der Waals surface area contributed by atoms with Crippen molar-refractivity contribution in [2.45, 2.75) is 0 Å². The minimum absolute atomic E-state index is 0.335. The third kappa shape index (κ3) is 2.90. The Kier molecular flexibility index (Phi) is 3.88. The van der Waals surface area contributed by atoms with Gasteiger partial charge in [-0.05, 0) is 36.4 Å². The minimum Gasteiger partial charge on any atom is -0.456 e. The molecule has 0 aliphatic carbocycles. The normalized spacial score (nSPS) is 11.6. The van der Waals surface area contributed by atoms with E-state index in [2.05, 4.69) is 0 Å². The summed E-state index contributed by atoms with van der Waals surface area (Å²) in [6.45, 7) is 0. The highest BCUT2D eigenvalue weighted by molar-refractivity contribution is 7.92. The zero-order valence-electron chi connectivity index (χ0n) is 13.1. The SMILES string of the molecule is CN(c1cc2oc(-c3ccc(F)cc3)cc2cc1C=N)S(C)(=O)=O. The van der Waals surface area contributed by atoms with Crippen LogP contribution in [0.1, 0.15) is 5.56 Å². The van der Waals surface area contributed by atoms with Crippen LogP contribution in [-0.4, -0.2) is 27.9 Å². The van der Waals surface area contributed by atoms with Crippen molar-refractivity contribution in [3.8, 4) is 11.3 Å². The van der Waals surface area contributed by atoms with E-state index in [0.717, 1.165) is 22.2 Å². The number of sulfonamides is 1. The molecule has 5 nitrogen and oxygen atoms in total. The van der Waals surface area contributed by atoms with Crippen LogP contribution in [0.15, 0.2) is 46.9 Å². The molecule has 0 amide bonds. The standard InChI is InChI=1S/C17H15FN2O3S/c1-20(24(2,21)22)15-9-17-12(7-13(15)10-19)8-16(23-17)11-3-5-14(18)6-4-11/h3-10,19H,1-2H3. The Bertz CT molecular complexity index is 1020. The van der Waals surface area contributed by atoms with E-state index in [1.807, 2.05) is 0 Å². The Labute approximate surface area is 138 Å². The molecule has 2 aromatic carbocycles. The fraction of sp³-hybridized carbons (Fsp3) is 0.118. The number of rotatable bonds is 4. The zero-order valence-corrected chi connectivity index (χ0v) is 13.9. The maximum atomic E-state index is 13.0. The average molecular weight is 346 g/mol. The van der Waals surface area contributed by atoms with Crippen LogP contribution in [0, 0.1) is 11.2 Å². The third-order valence-corrected chi connectivity index (χ3v) is 4.98. The lowest BCUT2D eigenvalue weighted by Crippen LogP contribution is -2.25. The summed E-state index contributed by atoms with van der Waals surface area (Å²) in [5.41, 5.74) is 2.02. The molecule has 0 saturated carbocycles. The third-order valence-electron chi connectivity index (χ3n) is 3.79. The van der Waals surface area contributed by atoms with Gasteiger partial charge in [0.2, 0.25) is 10.0 Å². The van der Waals surface area contributed by atoms with Crippen LogP contribution in [-0.2, 0) is 10.0 Å².